The Morgan fingerprint density at radius 3 is 2.29 bits per heavy atom. The molecule has 0 bridgehead atoms. The first-order valence-corrected chi connectivity index (χ1v) is 4.91. The summed E-state index contributed by atoms with van der Waals surface area (Å²) in [6, 6.07) is 5.25. The molecular formula is C12H11NO4. The summed E-state index contributed by atoms with van der Waals surface area (Å²) < 4.78 is 15.5. The quantitative estimate of drug-likeness (QED) is 0.757. The average molecular weight is 233 g/mol. The summed E-state index contributed by atoms with van der Waals surface area (Å²) in [6.07, 6.45) is 1.97. The van der Waals surface area contributed by atoms with Crippen LogP contribution in [0.3, 0.4) is 0 Å². The highest BCUT2D eigenvalue weighted by Gasteiger charge is 2.09. The molecule has 17 heavy (non-hydrogen) atoms. The average Bonchev–Trinajstić information content (AvgIpc) is 2.86. The van der Waals surface area contributed by atoms with Gasteiger partial charge in [0.2, 0.25) is 5.89 Å². The molecule has 5 nitrogen and oxygen atoms in total. The first kappa shape index (κ1) is 11.2. The van der Waals surface area contributed by atoms with E-state index in [1.807, 2.05) is 0 Å². The Morgan fingerprint density at radius 2 is 1.82 bits per heavy atom. The highest BCUT2D eigenvalue weighted by atomic mass is 16.5. The molecule has 2 rings (SSSR count). The van der Waals surface area contributed by atoms with Crippen LogP contribution in [-0.2, 0) is 0 Å². The van der Waals surface area contributed by atoms with Crippen molar-refractivity contribution in [3.8, 4) is 23.0 Å². The molecule has 0 unspecified atom stereocenters. The summed E-state index contributed by atoms with van der Waals surface area (Å²) in [6.45, 7) is 0. The molecule has 1 aromatic heterocycles. The molecule has 0 saturated carbocycles. The minimum atomic E-state index is 0.182. The lowest BCUT2D eigenvalue weighted by atomic mass is 10.2. The standard InChI is InChI=1S/C12H11NO4/c1-15-9-3-8(4-10(5-9)16-2)12-13-6-11(7-14)17-12/h3-7H,1-2H3. The van der Waals surface area contributed by atoms with Gasteiger partial charge in [0.1, 0.15) is 11.5 Å². The van der Waals surface area contributed by atoms with Crippen molar-refractivity contribution in [2.24, 2.45) is 0 Å². The van der Waals surface area contributed by atoms with Crippen molar-refractivity contribution in [3.63, 3.8) is 0 Å². The Kier molecular flexibility index (Phi) is 3.09. The number of aldehydes is 1. The highest BCUT2D eigenvalue weighted by Crippen LogP contribution is 2.29. The Labute approximate surface area is 98.0 Å². The molecule has 0 radical (unpaired) electrons. The fourth-order valence-corrected chi connectivity index (χ4v) is 1.41. The lowest BCUT2D eigenvalue weighted by Gasteiger charge is -2.05. The predicted molar refractivity (Wildman–Crippen MR) is 60.4 cm³/mol. The Balaban J connectivity index is 2.46. The van der Waals surface area contributed by atoms with Crippen LogP contribution in [0.25, 0.3) is 11.5 Å². The SMILES string of the molecule is COc1cc(OC)cc(-c2ncc(C=O)o2)c1. The van der Waals surface area contributed by atoms with Crippen LogP contribution in [0, 0.1) is 0 Å². The van der Waals surface area contributed by atoms with Gasteiger partial charge in [0.25, 0.3) is 0 Å². The number of hydrogen-bond acceptors (Lipinski definition) is 5. The lowest BCUT2D eigenvalue weighted by molar-refractivity contribution is 0.110. The predicted octanol–water partition coefficient (Wildman–Crippen LogP) is 2.17. The van der Waals surface area contributed by atoms with Gasteiger partial charge in [-0.1, -0.05) is 0 Å². The minimum Gasteiger partial charge on any atom is -0.497 e. The van der Waals surface area contributed by atoms with Crippen LogP contribution in [0.1, 0.15) is 10.6 Å². The van der Waals surface area contributed by atoms with Crippen LogP contribution in [0.15, 0.2) is 28.8 Å². The normalized spacial score (nSPS) is 10.0. The van der Waals surface area contributed by atoms with Gasteiger partial charge in [-0.2, -0.15) is 0 Å². The van der Waals surface area contributed by atoms with Gasteiger partial charge in [-0.3, -0.25) is 4.79 Å². The Morgan fingerprint density at radius 1 is 1.18 bits per heavy atom. The molecule has 0 N–H and O–H groups in total. The minimum absolute atomic E-state index is 0.182. The fraction of sp³-hybridized carbons (Fsp3) is 0.167. The van der Waals surface area contributed by atoms with Gasteiger partial charge in [-0.05, 0) is 12.1 Å². The van der Waals surface area contributed by atoms with E-state index in [-0.39, 0.29) is 5.76 Å². The molecule has 5 heteroatoms. The van der Waals surface area contributed by atoms with Gasteiger partial charge < -0.3 is 13.9 Å². The maximum atomic E-state index is 10.5. The molecule has 0 aliphatic carbocycles. The number of rotatable bonds is 4. The van der Waals surface area contributed by atoms with Crippen LogP contribution in [0.4, 0.5) is 0 Å². The highest BCUT2D eigenvalue weighted by molar-refractivity contribution is 5.71. The third-order valence-corrected chi connectivity index (χ3v) is 2.24. The number of ether oxygens (including phenoxy) is 2. The molecule has 0 aliphatic rings. The third-order valence-electron chi connectivity index (χ3n) is 2.24. The zero-order valence-corrected chi connectivity index (χ0v) is 9.47. The summed E-state index contributed by atoms with van der Waals surface area (Å²) in [7, 11) is 3.12. The fourth-order valence-electron chi connectivity index (χ4n) is 1.41. The van der Waals surface area contributed by atoms with E-state index in [0.29, 0.717) is 29.2 Å². The van der Waals surface area contributed by atoms with Gasteiger partial charge >= 0.3 is 0 Å². The molecule has 0 atom stereocenters. The van der Waals surface area contributed by atoms with Gasteiger partial charge in [0.15, 0.2) is 12.0 Å². The van der Waals surface area contributed by atoms with E-state index >= 15 is 0 Å². The zero-order valence-electron chi connectivity index (χ0n) is 9.47. The second-order valence-electron chi connectivity index (χ2n) is 3.29. The summed E-state index contributed by atoms with van der Waals surface area (Å²) in [5.74, 6) is 1.79. The monoisotopic (exact) mass is 233 g/mol. The molecule has 88 valence electrons. The summed E-state index contributed by atoms with van der Waals surface area (Å²) in [5, 5.41) is 0. The molecule has 0 fully saturated rings. The van der Waals surface area contributed by atoms with Crippen molar-refractivity contribution >= 4 is 6.29 Å². The maximum absolute atomic E-state index is 10.5. The largest absolute Gasteiger partial charge is 0.497 e. The van der Waals surface area contributed by atoms with E-state index in [1.54, 1.807) is 32.4 Å². The molecule has 0 aliphatic heterocycles. The summed E-state index contributed by atoms with van der Waals surface area (Å²) in [5.41, 5.74) is 0.689. The van der Waals surface area contributed by atoms with E-state index in [1.165, 1.54) is 6.20 Å². The Hall–Kier alpha value is -2.30. The zero-order chi connectivity index (χ0) is 12.3. The number of methoxy groups -OCH3 is 2. The number of carbonyl (C=O) groups is 1. The van der Waals surface area contributed by atoms with E-state index in [4.69, 9.17) is 13.9 Å². The van der Waals surface area contributed by atoms with E-state index < -0.39 is 0 Å². The molecular weight excluding hydrogens is 222 g/mol. The Bertz CT molecular complexity index is 511. The van der Waals surface area contributed by atoms with E-state index in [9.17, 15) is 4.79 Å². The van der Waals surface area contributed by atoms with Crippen molar-refractivity contribution in [3.05, 3.63) is 30.2 Å². The molecule has 1 heterocycles. The molecule has 2 aromatic rings. The van der Waals surface area contributed by atoms with Gasteiger partial charge in [0.05, 0.1) is 20.4 Å². The van der Waals surface area contributed by atoms with Crippen LogP contribution in [-0.4, -0.2) is 25.5 Å². The number of aromatic nitrogens is 1. The number of carbonyl (C=O) groups excluding carboxylic acids is 1. The lowest BCUT2D eigenvalue weighted by Crippen LogP contribution is -1.88. The van der Waals surface area contributed by atoms with Gasteiger partial charge in [-0.15, -0.1) is 0 Å². The third kappa shape index (κ3) is 2.28. The van der Waals surface area contributed by atoms with Crippen molar-refractivity contribution in [2.45, 2.75) is 0 Å². The number of nitrogens with zero attached hydrogens (tertiary/aromatic N) is 1. The van der Waals surface area contributed by atoms with Crippen molar-refractivity contribution in [1.29, 1.82) is 0 Å². The van der Waals surface area contributed by atoms with Crippen LogP contribution in [0.5, 0.6) is 11.5 Å². The number of oxazole rings is 1. The van der Waals surface area contributed by atoms with Crippen molar-refractivity contribution in [2.75, 3.05) is 14.2 Å². The second kappa shape index (κ2) is 4.69. The summed E-state index contributed by atoms with van der Waals surface area (Å²) >= 11 is 0. The van der Waals surface area contributed by atoms with E-state index in [2.05, 4.69) is 4.98 Å². The molecule has 0 spiro atoms. The first-order valence-electron chi connectivity index (χ1n) is 4.91. The van der Waals surface area contributed by atoms with Crippen LogP contribution in [0.2, 0.25) is 0 Å². The number of hydrogen-bond donors (Lipinski definition) is 0. The molecule has 1 aromatic carbocycles. The van der Waals surface area contributed by atoms with Crippen molar-refractivity contribution < 1.29 is 18.7 Å². The van der Waals surface area contributed by atoms with Crippen molar-refractivity contribution in [1.82, 2.24) is 4.98 Å². The maximum Gasteiger partial charge on any atom is 0.227 e. The van der Waals surface area contributed by atoms with Crippen LogP contribution < -0.4 is 9.47 Å². The topological polar surface area (TPSA) is 61.6 Å². The van der Waals surface area contributed by atoms with Crippen LogP contribution >= 0.6 is 0 Å². The van der Waals surface area contributed by atoms with E-state index in [0.717, 1.165) is 0 Å². The smallest absolute Gasteiger partial charge is 0.227 e. The van der Waals surface area contributed by atoms with Gasteiger partial charge in [0, 0.05) is 11.6 Å². The van der Waals surface area contributed by atoms with Gasteiger partial charge in [-0.25, -0.2) is 4.98 Å². The summed E-state index contributed by atoms with van der Waals surface area (Å²) in [4.78, 5) is 14.5. The second-order valence-corrected chi connectivity index (χ2v) is 3.29. The number of benzene rings is 1. The molecule has 0 amide bonds. The molecule has 0 saturated heterocycles. The first-order chi connectivity index (χ1) is 8.26.